The molecule has 7 heteroatoms. The minimum atomic E-state index is 0. The lowest BCUT2D eigenvalue weighted by Gasteiger charge is -2.29. The molecule has 3 rings (SSSR count). The highest BCUT2D eigenvalue weighted by atomic mass is 35.5. The van der Waals surface area contributed by atoms with Gasteiger partial charge in [-0.1, -0.05) is 0 Å². The molecule has 0 saturated carbocycles. The van der Waals surface area contributed by atoms with E-state index in [0.717, 1.165) is 49.5 Å². The zero-order chi connectivity index (χ0) is 15.5. The van der Waals surface area contributed by atoms with E-state index < -0.39 is 0 Å². The Balaban J connectivity index is 0.00000144. The van der Waals surface area contributed by atoms with Crippen LogP contribution < -0.4 is 5.73 Å². The van der Waals surface area contributed by atoms with Gasteiger partial charge in [-0.2, -0.15) is 0 Å². The number of nitrogens with zero attached hydrogens (tertiary/aromatic N) is 2. The number of aryl methyl sites for hydroxylation is 1. The maximum Gasteiger partial charge on any atom is 0.226 e. The van der Waals surface area contributed by atoms with Crippen molar-refractivity contribution in [2.75, 3.05) is 19.3 Å². The summed E-state index contributed by atoms with van der Waals surface area (Å²) in [6.45, 7) is 4.94. The minimum absolute atomic E-state index is 0. The molecule has 24 heavy (non-hydrogen) atoms. The summed E-state index contributed by atoms with van der Waals surface area (Å²) in [5.41, 5.74) is 8.04. The average molecular weight is 390 g/mol. The second-order valence-corrected chi connectivity index (χ2v) is 6.74. The van der Waals surface area contributed by atoms with Crippen LogP contribution in [0.3, 0.4) is 0 Å². The lowest BCUT2D eigenvalue weighted by atomic mass is 10.1. The third kappa shape index (κ3) is 5.14. The number of aromatic nitrogens is 1. The van der Waals surface area contributed by atoms with Crippen LogP contribution in [0.15, 0.2) is 33.6 Å². The molecule has 0 spiro atoms. The summed E-state index contributed by atoms with van der Waals surface area (Å²) >= 11 is 1.74. The summed E-state index contributed by atoms with van der Waals surface area (Å²) in [5.74, 6) is 1.63. The van der Waals surface area contributed by atoms with E-state index in [-0.39, 0.29) is 24.8 Å². The Morgan fingerprint density at radius 2 is 1.83 bits per heavy atom. The summed E-state index contributed by atoms with van der Waals surface area (Å²) < 4.78 is 5.87. The van der Waals surface area contributed by atoms with Gasteiger partial charge in [-0.05, 0) is 50.3 Å². The molecule has 4 nitrogen and oxygen atoms in total. The van der Waals surface area contributed by atoms with Crippen molar-refractivity contribution in [2.24, 2.45) is 5.73 Å². The van der Waals surface area contributed by atoms with Crippen LogP contribution in [0.2, 0.25) is 0 Å². The number of thioether (sulfide) groups is 1. The number of oxazole rings is 1. The van der Waals surface area contributed by atoms with Crippen molar-refractivity contribution in [1.29, 1.82) is 0 Å². The molecule has 1 saturated heterocycles. The highest BCUT2D eigenvalue weighted by Crippen LogP contribution is 2.25. The SMILES string of the molecule is CSc1ccc(-c2nc(CN3CCC(N)CC3)c(C)o2)cc1.Cl.Cl. The lowest BCUT2D eigenvalue weighted by Crippen LogP contribution is -2.39. The van der Waals surface area contributed by atoms with E-state index in [1.165, 1.54) is 4.90 Å². The van der Waals surface area contributed by atoms with Gasteiger partial charge in [-0.3, -0.25) is 4.90 Å². The molecular weight excluding hydrogens is 365 g/mol. The van der Waals surface area contributed by atoms with Gasteiger partial charge in [-0.25, -0.2) is 4.98 Å². The first kappa shape index (κ1) is 21.3. The normalized spacial score (nSPS) is 15.6. The van der Waals surface area contributed by atoms with Crippen molar-refractivity contribution >= 4 is 36.6 Å². The molecule has 0 atom stereocenters. The summed E-state index contributed by atoms with van der Waals surface area (Å²) in [7, 11) is 0. The molecule has 2 heterocycles. The van der Waals surface area contributed by atoms with E-state index in [1.807, 2.05) is 6.92 Å². The highest BCUT2D eigenvalue weighted by molar-refractivity contribution is 7.98. The van der Waals surface area contributed by atoms with E-state index >= 15 is 0 Å². The summed E-state index contributed by atoms with van der Waals surface area (Å²) in [6.07, 6.45) is 4.22. The van der Waals surface area contributed by atoms with Gasteiger partial charge in [0.05, 0.1) is 5.69 Å². The van der Waals surface area contributed by atoms with Crippen molar-refractivity contribution in [3.05, 3.63) is 35.7 Å². The molecule has 1 aromatic carbocycles. The van der Waals surface area contributed by atoms with E-state index in [0.29, 0.717) is 11.9 Å². The standard InChI is InChI=1S/C17H23N3OS.2ClH/c1-12-16(11-20-9-7-14(18)8-10-20)19-17(21-12)13-3-5-15(22-2)6-4-13;;/h3-6,14H,7-11,18H2,1-2H3;2*1H. The maximum atomic E-state index is 5.96. The monoisotopic (exact) mass is 389 g/mol. The molecule has 0 aliphatic carbocycles. The van der Waals surface area contributed by atoms with Crippen LogP contribution in [0, 0.1) is 6.92 Å². The van der Waals surface area contributed by atoms with Gasteiger partial charge in [0, 0.05) is 36.1 Å². The fourth-order valence-electron chi connectivity index (χ4n) is 2.75. The molecule has 2 aromatic rings. The third-order valence-electron chi connectivity index (χ3n) is 4.24. The first-order valence-electron chi connectivity index (χ1n) is 7.74. The van der Waals surface area contributed by atoms with Crippen molar-refractivity contribution in [3.8, 4) is 11.5 Å². The van der Waals surface area contributed by atoms with Crippen molar-refractivity contribution in [1.82, 2.24) is 9.88 Å². The molecule has 1 aromatic heterocycles. The Labute approximate surface area is 160 Å². The molecule has 0 amide bonds. The Bertz CT molecular complexity index is 625. The predicted octanol–water partition coefficient (Wildman–Crippen LogP) is 4.14. The molecule has 134 valence electrons. The number of benzene rings is 1. The van der Waals surface area contributed by atoms with Gasteiger partial charge in [0.15, 0.2) is 0 Å². The van der Waals surface area contributed by atoms with Crippen LogP contribution >= 0.6 is 36.6 Å². The number of halogens is 2. The second kappa shape index (κ2) is 9.68. The van der Waals surface area contributed by atoms with Gasteiger partial charge in [0.1, 0.15) is 5.76 Å². The summed E-state index contributed by atoms with van der Waals surface area (Å²) in [5, 5.41) is 0. The summed E-state index contributed by atoms with van der Waals surface area (Å²) in [6, 6.07) is 8.71. The van der Waals surface area contributed by atoms with Gasteiger partial charge >= 0.3 is 0 Å². The zero-order valence-corrected chi connectivity index (χ0v) is 16.5. The number of piperidine rings is 1. The molecule has 0 bridgehead atoms. The zero-order valence-electron chi connectivity index (χ0n) is 14.0. The van der Waals surface area contributed by atoms with Crippen LogP contribution in [0.25, 0.3) is 11.5 Å². The second-order valence-electron chi connectivity index (χ2n) is 5.86. The van der Waals surface area contributed by atoms with Crippen molar-refractivity contribution in [3.63, 3.8) is 0 Å². The average Bonchev–Trinajstić information content (AvgIpc) is 2.91. The Kier molecular flexibility index (Phi) is 8.60. The number of likely N-dealkylation sites (tertiary alicyclic amines) is 1. The molecular formula is C17H25Cl2N3OS. The predicted molar refractivity (Wildman–Crippen MR) is 105 cm³/mol. The van der Waals surface area contributed by atoms with Gasteiger partial charge in [0.2, 0.25) is 5.89 Å². The summed E-state index contributed by atoms with van der Waals surface area (Å²) in [4.78, 5) is 8.36. The molecule has 1 aliphatic rings. The van der Waals surface area contributed by atoms with Crippen LogP contribution in [-0.2, 0) is 6.54 Å². The van der Waals surface area contributed by atoms with E-state index in [1.54, 1.807) is 11.8 Å². The molecule has 1 aliphatic heterocycles. The number of nitrogens with two attached hydrogens (primary N) is 1. The first-order valence-corrected chi connectivity index (χ1v) is 8.97. The fourth-order valence-corrected chi connectivity index (χ4v) is 3.16. The van der Waals surface area contributed by atoms with Crippen molar-refractivity contribution in [2.45, 2.75) is 37.2 Å². The van der Waals surface area contributed by atoms with Crippen LogP contribution in [0.1, 0.15) is 24.3 Å². The number of hydrogen-bond acceptors (Lipinski definition) is 5. The Hall–Kier alpha value is -0.720. The lowest BCUT2D eigenvalue weighted by molar-refractivity contribution is 0.203. The van der Waals surface area contributed by atoms with E-state index in [9.17, 15) is 0 Å². The van der Waals surface area contributed by atoms with E-state index in [4.69, 9.17) is 15.1 Å². The molecule has 2 N–H and O–H groups in total. The quantitative estimate of drug-likeness (QED) is 0.796. The third-order valence-corrected chi connectivity index (χ3v) is 4.98. The van der Waals surface area contributed by atoms with Gasteiger partial charge < -0.3 is 10.2 Å². The van der Waals surface area contributed by atoms with Crippen LogP contribution in [0.4, 0.5) is 0 Å². The van der Waals surface area contributed by atoms with Crippen LogP contribution in [-0.4, -0.2) is 35.3 Å². The van der Waals surface area contributed by atoms with Gasteiger partial charge in [0.25, 0.3) is 0 Å². The minimum Gasteiger partial charge on any atom is -0.441 e. The van der Waals surface area contributed by atoms with Gasteiger partial charge in [-0.15, -0.1) is 36.6 Å². The number of hydrogen-bond donors (Lipinski definition) is 1. The Morgan fingerprint density at radius 1 is 1.21 bits per heavy atom. The first-order chi connectivity index (χ1) is 10.7. The smallest absolute Gasteiger partial charge is 0.226 e. The van der Waals surface area contributed by atoms with E-state index in [2.05, 4.69) is 35.4 Å². The van der Waals surface area contributed by atoms with Crippen molar-refractivity contribution < 1.29 is 4.42 Å². The largest absolute Gasteiger partial charge is 0.441 e. The molecule has 0 radical (unpaired) electrons. The molecule has 0 unspecified atom stereocenters. The van der Waals surface area contributed by atoms with Crippen LogP contribution in [0.5, 0.6) is 0 Å². The maximum absolute atomic E-state index is 5.96. The molecule has 1 fully saturated rings. The topological polar surface area (TPSA) is 55.3 Å². The number of rotatable bonds is 4. The Morgan fingerprint density at radius 3 is 2.42 bits per heavy atom. The fraction of sp³-hybridized carbons (Fsp3) is 0.471. The highest BCUT2D eigenvalue weighted by Gasteiger charge is 2.19.